The van der Waals surface area contributed by atoms with Crippen LogP contribution in [0.4, 0.5) is 0 Å². The molecule has 2 amide bonds. The second-order valence-corrected chi connectivity index (χ2v) is 7.77. The van der Waals surface area contributed by atoms with Crippen molar-refractivity contribution in [1.82, 2.24) is 19.7 Å². The lowest BCUT2D eigenvalue weighted by molar-refractivity contribution is -0.128. The molecule has 0 unspecified atom stereocenters. The summed E-state index contributed by atoms with van der Waals surface area (Å²) < 4.78 is 7.32. The van der Waals surface area contributed by atoms with Gasteiger partial charge in [0.15, 0.2) is 0 Å². The van der Waals surface area contributed by atoms with Crippen molar-refractivity contribution in [3.8, 4) is 17.5 Å². The van der Waals surface area contributed by atoms with Gasteiger partial charge in [-0.05, 0) is 55.8 Å². The van der Waals surface area contributed by atoms with Gasteiger partial charge in [-0.15, -0.1) is 0 Å². The number of amides is 2. The van der Waals surface area contributed by atoms with Crippen LogP contribution in [0.5, 0.6) is 5.75 Å². The molecule has 1 aromatic heterocycles. The summed E-state index contributed by atoms with van der Waals surface area (Å²) in [5, 5.41) is 12.3. The van der Waals surface area contributed by atoms with Gasteiger partial charge in [-0.1, -0.05) is 0 Å². The lowest BCUT2D eigenvalue weighted by Crippen LogP contribution is -2.51. The topological polar surface area (TPSA) is 90.6 Å². The van der Waals surface area contributed by atoms with Gasteiger partial charge in [-0.2, -0.15) is 5.26 Å². The van der Waals surface area contributed by atoms with Crippen molar-refractivity contribution in [2.75, 3.05) is 46.9 Å². The molecule has 2 aromatic rings. The van der Waals surface area contributed by atoms with Crippen molar-refractivity contribution in [2.24, 2.45) is 0 Å². The van der Waals surface area contributed by atoms with E-state index in [1.807, 2.05) is 49.1 Å². The summed E-state index contributed by atoms with van der Waals surface area (Å²) in [6.07, 6.45) is 1.67. The molecule has 1 aliphatic heterocycles. The summed E-state index contributed by atoms with van der Waals surface area (Å²) in [6.45, 7) is 6.46. The molecule has 1 aliphatic rings. The van der Waals surface area contributed by atoms with Gasteiger partial charge in [-0.3, -0.25) is 14.5 Å². The second-order valence-electron chi connectivity index (χ2n) is 7.77. The van der Waals surface area contributed by atoms with Crippen LogP contribution in [0.1, 0.15) is 17.0 Å². The first-order valence-electron chi connectivity index (χ1n) is 10.5. The zero-order valence-corrected chi connectivity index (χ0v) is 19.0. The van der Waals surface area contributed by atoms with E-state index < -0.39 is 0 Å². The maximum Gasteiger partial charge on any atom is 0.264 e. The Morgan fingerprint density at radius 1 is 1.16 bits per heavy atom. The van der Waals surface area contributed by atoms with E-state index in [2.05, 4.69) is 16.0 Å². The SMILES string of the molecule is CNC(=O)CN1CCN(C(=O)/C(C#N)=C/c2cc(C)n(-c3ccc(OC)cc3)c2C)CC1. The largest absolute Gasteiger partial charge is 0.497 e. The molecular formula is C24H29N5O3. The maximum atomic E-state index is 13.0. The summed E-state index contributed by atoms with van der Waals surface area (Å²) in [5.41, 5.74) is 3.88. The number of carbonyl (C=O) groups excluding carboxylic acids is 2. The molecule has 2 heterocycles. The Morgan fingerprint density at radius 2 is 1.81 bits per heavy atom. The molecule has 1 aromatic carbocycles. The van der Waals surface area contributed by atoms with E-state index in [1.54, 1.807) is 25.1 Å². The number of rotatable bonds is 6. The van der Waals surface area contributed by atoms with Crippen molar-refractivity contribution in [2.45, 2.75) is 13.8 Å². The first-order chi connectivity index (χ1) is 15.4. The summed E-state index contributed by atoms with van der Waals surface area (Å²) in [4.78, 5) is 28.2. The summed E-state index contributed by atoms with van der Waals surface area (Å²) in [6, 6.07) is 11.8. The highest BCUT2D eigenvalue weighted by atomic mass is 16.5. The smallest absolute Gasteiger partial charge is 0.264 e. The molecular weight excluding hydrogens is 406 g/mol. The number of hydrogen-bond donors (Lipinski definition) is 1. The van der Waals surface area contributed by atoms with E-state index in [-0.39, 0.29) is 17.4 Å². The molecule has 0 atom stereocenters. The van der Waals surface area contributed by atoms with E-state index in [1.165, 1.54) is 0 Å². The molecule has 0 saturated carbocycles. The van der Waals surface area contributed by atoms with Crippen molar-refractivity contribution >= 4 is 17.9 Å². The number of ether oxygens (including phenoxy) is 1. The second kappa shape index (κ2) is 10.2. The van der Waals surface area contributed by atoms with Crippen LogP contribution in [-0.4, -0.2) is 73.1 Å². The lowest BCUT2D eigenvalue weighted by Gasteiger charge is -2.34. The van der Waals surface area contributed by atoms with Crippen molar-refractivity contribution in [1.29, 1.82) is 5.26 Å². The van der Waals surface area contributed by atoms with E-state index in [4.69, 9.17) is 4.74 Å². The van der Waals surface area contributed by atoms with Crippen molar-refractivity contribution in [3.05, 3.63) is 52.9 Å². The number of benzene rings is 1. The normalized spacial score (nSPS) is 14.7. The number of methoxy groups -OCH3 is 1. The van der Waals surface area contributed by atoms with Crippen LogP contribution in [0.15, 0.2) is 35.9 Å². The van der Waals surface area contributed by atoms with E-state index >= 15 is 0 Å². The molecule has 0 aliphatic carbocycles. The van der Waals surface area contributed by atoms with Gasteiger partial charge in [0, 0.05) is 50.3 Å². The summed E-state index contributed by atoms with van der Waals surface area (Å²) >= 11 is 0. The van der Waals surface area contributed by atoms with Crippen molar-refractivity contribution in [3.63, 3.8) is 0 Å². The first kappa shape index (κ1) is 23.1. The predicted molar refractivity (Wildman–Crippen MR) is 122 cm³/mol. The predicted octanol–water partition coefficient (Wildman–Crippen LogP) is 1.90. The summed E-state index contributed by atoms with van der Waals surface area (Å²) in [7, 11) is 3.24. The van der Waals surface area contributed by atoms with Crippen molar-refractivity contribution < 1.29 is 14.3 Å². The lowest BCUT2D eigenvalue weighted by atomic mass is 10.1. The minimum absolute atomic E-state index is 0.0467. The quantitative estimate of drug-likeness (QED) is 0.553. The Morgan fingerprint density at radius 3 is 2.38 bits per heavy atom. The number of piperazine rings is 1. The summed E-state index contributed by atoms with van der Waals surface area (Å²) in [5.74, 6) is 0.458. The van der Waals surface area contributed by atoms with Crippen LogP contribution in [0.25, 0.3) is 11.8 Å². The van der Waals surface area contributed by atoms with Crippen LogP contribution >= 0.6 is 0 Å². The highest BCUT2D eigenvalue weighted by molar-refractivity contribution is 6.02. The first-order valence-corrected chi connectivity index (χ1v) is 10.5. The van der Waals surface area contributed by atoms with Gasteiger partial charge in [0.05, 0.1) is 13.7 Å². The Labute approximate surface area is 188 Å². The zero-order valence-electron chi connectivity index (χ0n) is 19.0. The van der Waals surface area contributed by atoms with Gasteiger partial charge in [-0.25, -0.2) is 0 Å². The minimum Gasteiger partial charge on any atom is -0.497 e. The third-order valence-corrected chi connectivity index (χ3v) is 5.76. The average molecular weight is 436 g/mol. The number of carbonyl (C=O) groups is 2. The van der Waals surface area contributed by atoms with E-state index in [0.29, 0.717) is 32.7 Å². The molecule has 3 rings (SSSR count). The molecule has 0 radical (unpaired) electrons. The number of aromatic nitrogens is 1. The highest BCUT2D eigenvalue weighted by Crippen LogP contribution is 2.24. The minimum atomic E-state index is -0.277. The standard InChI is InChI=1S/C24H29N5O3/c1-17-13-19(18(2)29(17)21-5-7-22(32-4)8-6-21)14-20(15-25)24(31)28-11-9-27(10-12-28)16-23(30)26-3/h5-8,13-14H,9-12,16H2,1-4H3,(H,26,30)/b20-14+. The molecule has 0 spiro atoms. The number of nitriles is 1. The van der Waals surface area contributed by atoms with E-state index in [9.17, 15) is 14.9 Å². The number of hydrogen-bond acceptors (Lipinski definition) is 5. The fourth-order valence-corrected chi connectivity index (χ4v) is 3.92. The van der Waals surface area contributed by atoms with Gasteiger partial charge in [0.1, 0.15) is 17.4 Å². The monoisotopic (exact) mass is 435 g/mol. The Balaban J connectivity index is 1.77. The average Bonchev–Trinajstić information content (AvgIpc) is 3.10. The Bertz CT molecular complexity index is 1050. The number of likely N-dealkylation sites (N-methyl/N-ethyl adjacent to an activating group) is 1. The molecule has 1 N–H and O–H groups in total. The van der Waals surface area contributed by atoms with Crippen LogP contribution in [-0.2, 0) is 9.59 Å². The molecule has 168 valence electrons. The Hall–Kier alpha value is -3.57. The van der Waals surface area contributed by atoms with Crippen LogP contribution in [0, 0.1) is 25.2 Å². The van der Waals surface area contributed by atoms with Gasteiger partial charge in [0.25, 0.3) is 5.91 Å². The Kier molecular flexibility index (Phi) is 7.33. The third-order valence-electron chi connectivity index (χ3n) is 5.76. The molecule has 1 fully saturated rings. The molecule has 0 bridgehead atoms. The molecule has 8 heteroatoms. The fraction of sp³-hybridized carbons (Fsp3) is 0.375. The third kappa shape index (κ3) is 5.01. The highest BCUT2D eigenvalue weighted by Gasteiger charge is 2.25. The van der Waals surface area contributed by atoms with Gasteiger partial charge >= 0.3 is 0 Å². The number of nitrogens with zero attached hydrogens (tertiary/aromatic N) is 4. The van der Waals surface area contributed by atoms with Crippen LogP contribution in [0.2, 0.25) is 0 Å². The van der Waals surface area contributed by atoms with Gasteiger partial charge < -0.3 is 19.5 Å². The van der Waals surface area contributed by atoms with E-state index in [0.717, 1.165) is 28.4 Å². The maximum absolute atomic E-state index is 13.0. The van der Waals surface area contributed by atoms with Crippen LogP contribution < -0.4 is 10.1 Å². The van der Waals surface area contributed by atoms with Crippen LogP contribution in [0.3, 0.4) is 0 Å². The molecule has 32 heavy (non-hydrogen) atoms. The fourth-order valence-electron chi connectivity index (χ4n) is 3.92. The number of aryl methyl sites for hydroxylation is 1. The molecule has 8 nitrogen and oxygen atoms in total. The zero-order chi connectivity index (χ0) is 23.3. The molecule has 1 saturated heterocycles. The van der Waals surface area contributed by atoms with Gasteiger partial charge in [0.2, 0.25) is 5.91 Å². The number of nitrogens with one attached hydrogen (secondary N) is 1.